The molecule has 0 unspecified atom stereocenters. The van der Waals surface area contributed by atoms with E-state index in [4.69, 9.17) is 21.9 Å². The summed E-state index contributed by atoms with van der Waals surface area (Å²) in [4.78, 5) is 38.2. The van der Waals surface area contributed by atoms with Crippen molar-refractivity contribution in [3.63, 3.8) is 0 Å². The van der Waals surface area contributed by atoms with Gasteiger partial charge in [0.05, 0.1) is 17.7 Å². The first-order chi connectivity index (χ1) is 15.4. The van der Waals surface area contributed by atoms with Crippen LogP contribution in [0.3, 0.4) is 0 Å². The van der Waals surface area contributed by atoms with E-state index in [1.54, 1.807) is 44.3 Å². The number of rotatable bonds is 3. The Kier molecular flexibility index (Phi) is 9.94. The van der Waals surface area contributed by atoms with Crippen LogP contribution in [0.15, 0.2) is 54.9 Å². The molecule has 170 valence electrons. The number of pyridine rings is 1. The summed E-state index contributed by atoms with van der Waals surface area (Å²) in [5, 5.41) is 25.7. The first-order valence-corrected chi connectivity index (χ1v) is 9.62. The molecule has 1 heterocycles. The Balaban J connectivity index is 0.000000249. The van der Waals surface area contributed by atoms with Crippen LogP contribution in [0.4, 0.5) is 5.69 Å². The molecule has 0 aliphatic rings. The highest BCUT2D eigenvalue weighted by molar-refractivity contribution is 5.89. The average Bonchev–Trinajstić information content (AvgIpc) is 2.73. The first kappa shape index (κ1) is 26.5. The quantitative estimate of drug-likeness (QED) is 0.462. The van der Waals surface area contributed by atoms with E-state index in [0.29, 0.717) is 11.3 Å². The number of aryl methyl sites for hydroxylation is 4. The lowest BCUT2D eigenvalue weighted by atomic mass is 10.1. The fourth-order valence-electron chi connectivity index (χ4n) is 2.72. The van der Waals surface area contributed by atoms with E-state index in [1.165, 1.54) is 18.3 Å². The van der Waals surface area contributed by atoms with Gasteiger partial charge in [-0.2, -0.15) is 0 Å². The Morgan fingerprint density at radius 3 is 1.45 bits per heavy atom. The van der Waals surface area contributed by atoms with Crippen LogP contribution in [0.5, 0.6) is 0 Å². The maximum Gasteiger partial charge on any atom is 0.337 e. The van der Waals surface area contributed by atoms with Gasteiger partial charge in [-0.1, -0.05) is 28.8 Å². The number of nitrogens with zero attached hydrogens (tertiary/aromatic N) is 2. The molecule has 0 atom stereocenters. The van der Waals surface area contributed by atoms with Crippen molar-refractivity contribution in [2.45, 2.75) is 27.7 Å². The topological polar surface area (TPSA) is 129 Å². The second-order valence-corrected chi connectivity index (χ2v) is 7.21. The molecular weight excluding hydrogens is 424 g/mol. The zero-order valence-corrected chi connectivity index (χ0v) is 18.7. The maximum absolute atomic E-state index is 10.5. The van der Waals surface area contributed by atoms with Crippen LogP contribution < -0.4 is 0 Å². The number of carbonyl (C=O) groups is 3. The molecule has 3 rings (SSSR count). The van der Waals surface area contributed by atoms with Crippen molar-refractivity contribution in [3.05, 3.63) is 105 Å². The zero-order valence-electron chi connectivity index (χ0n) is 18.7. The highest BCUT2D eigenvalue weighted by atomic mass is 16.4. The third kappa shape index (κ3) is 9.44. The van der Waals surface area contributed by atoms with Gasteiger partial charge in [-0.05, 0) is 63.6 Å². The number of aromatic nitrogens is 1. The van der Waals surface area contributed by atoms with E-state index in [9.17, 15) is 14.4 Å². The lowest BCUT2D eigenvalue weighted by Crippen LogP contribution is -1.96. The van der Waals surface area contributed by atoms with Crippen LogP contribution in [-0.2, 0) is 0 Å². The summed E-state index contributed by atoms with van der Waals surface area (Å²) in [5.74, 6) is -2.79. The molecule has 0 radical (unpaired) electrons. The maximum atomic E-state index is 10.5. The SMILES string of the molecule is Cc1cc(C)cc(C(=O)O)c1.Cc1cncc(C(=O)O)c1.[C-]#[N+]c1cc(C)cc(C(=O)O)c1. The fraction of sp³-hybridized carbons (Fsp3) is 0.160. The second kappa shape index (κ2) is 12.4. The summed E-state index contributed by atoms with van der Waals surface area (Å²) >= 11 is 0. The van der Waals surface area contributed by atoms with Gasteiger partial charge < -0.3 is 15.3 Å². The standard InChI is InChI=1S/C9H7NO2.C9H10O2.C7H7NO2/c1-6-3-7(9(11)12)5-8(4-6)10-2;1-6-3-7(2)5-8(4-6)9(10)11;1-5-2-6(7(9)10)4-8-3-5/h3-5H,1H3,(H,11,12);3-5H,1-2H3,(H,10,11);2-4H,1H3,(H,9,10). The van der Waals surface area contributed by atoms with Gasteiger partial charge in [-0.3, -0.25) is 4.98 Å². The van der Waals surface area contributed by atoms with E-state index in [2.05, 4.69) is 9.83 Å². The van der Waals surface area contributed by atoms with Crippen molar-refractivity contribution in [2.24, 2.45) is 0 Å². The molecule has 0 bridgehead atoms. The molecule has 8 nitrogen and oxygen atoms in total. The monoisotopic (exact) mass is 448 g/mol. The van der Waals surface area contributed by atoms with Crippen LogP contribution in [0.2, 0.25) is 0 Å². The normalized spacial score (nSPS) is 9.30. The van der Waals surface area contributed by atoms with Crippen LogP contribution in [0.1, 0.15) is 53.3 Å². The van der Waals surface area contributed by atoms with Gasteiger partial charge in [0.2, 0.25) is 0 Å². The number of carboxylic acids is 3. The summed E-state index contributed by atoms with van der Waals surface area (Å²) in [6.45, 7) is 14.1. The molecule has 0 fully saturated rings. The Morgan fingerprint density at radius 1 is 0.636 bits per heavy atom. The van der Waals surface area contributed by atoms with Gasteiger partial charge in [0, 0.05) is 18.0 Å². The van der Waals surface area contributed by atoms with Crippen molar-refractivity contribution in [3.8, 4) is 0 Å². The van der Waals surface area contributed by atoms with Gasteiger partial charge in [-0.15, -0.1) is 0 Å². The molecule has 2 aromatic carbocycles. The third-order valence-electron chi connectivity index (χ3n) is 4.03. The Labute approximate surface area is 191 Å². The van der Waals surface area contributed by atoms with Crippen molar-refractivity contribution in [2.75, 3.05) is 0 Å². The summed E-state index contributed by atoms with van der Waals surface area (Å²) in [7, 11) is 0. The molecule has 0 spiro atoms. The van der Waals surface area contributed by atoms with Gasteiger partial charge in [0.25, 0.3) is 0 Å². The molecule has 0 saturated carbocycles. The predicted molar refractivity (Wildman–Crippen MR) is 123 cm³/mol. The van der Waals surface area contributed by atoms with Crippen molar-refractivity contribution >= 4 is 23.6 Å². The number of hydrogen-bond acceptors (Lipinski definition) is 4. The van der Waals surface area contributed by atoms with E-state index in [-0.39, 0.29) is 11.1 Å². The minimum atomic E-state index is -0.997. The highest BCUT2D eigenvalue weighted by Gasteiger charge is 2.04. The summed E-state index contributed by atoms with van der Waals surface area (Å²) in [6.07, 6.45) is 2.95. The van der Waals surface area contributed by atoms with Gasteiger partial charge >= 0.3 is 17.9 Å². The zero-order chi connectivity index (χ0) is 25.1. The summed E-state index contributed by atoms with van der Waals surface area (Å²) in [6, 6.07) is 11.4. The highest BCUT2D eigenvalue weighted by Crippen LogP contribution is 2.17. The van der Waals surface area contributed by atoms with Crippen LogP contribution in [-0.4, -0.2) is 38.2 Å². The molecule has 0 saturated heterocycles. The Hall–Kier alpha value is -4.51. The Bertz CT molecular complexity index is 1190. The fourth-order valence-corrected chi connectivity index (χ4v) is 2.72. The average molecular weight is 448 g/mol. The Morgan fingerprint density at radius 2 is 1.06 bits per heavy atom. The first-order valence-electron chi connectivity index (χ1n) is 9.62. The van der Waals surface area contributed by atoms with Crippen molar-refractivity contribution in [1.82, 2.24) is 4.98 Å². The van der Waals surface area contributed by atoms with E-state index in [1.807, 2.05) is 19.9 Å². The third-order valence-corrected chi connectivity index (χ3v) is 4.03. The minimum Gasteiger partial charge on any atom is -0.478 e. The van der Waals surface area contributed by atoms with E-state index in [0.717, 1.165) is 22.3 Å². The number of hydrogen-bond donors (Lipinski definition) is 3. The number of carboxylic acid groups (broad SMARTS) is 3. The molecule has 3 N–H and O–H groups in total. The molecule has 33 heavy (non-hydrogen) atoms. The van der Waals surface area contributed by atoms with E-state index < -0.39 is 17.9 Å². The van der Waals surface area contributed by atoms with Crippen molar-refractivity contribution in [1.29, 1.82) is 0 Å². The van der Waals surface area contributed by atoms with Gasteiger partial charge in [-0.25, -0.2) is 19.2 Å². The van der Waals surface area contributed by atoms with Crippen molar-refractivity contribution < 1.29 is 29.7 Å². The lowest BCUT2D eigenvalue weighted by Gasteiger charge is -1.98. The molecule has 8 heteroatoms. The predicted octanol–water partition coefficient (Wildman–Crippen LogP) is 5.33. The molecule has 0 aliphatic heterocycles. The molecule has 0 amide bonds. The molecule has 1 aromatic heterocycles. The van der Waals surface area contributed by atoms with E-state index >= 15 is 0 Å². The van der Waals surface area contributed by atoms with Gasteiger partial charge in [0.15, 0.2) is 5.69 Å². The lowest BCUT2D eigenvalue weighted by molar-refractivity contribution is 0.0685. The van der Waals surface area contributed by atoms with Gasteiger partial charge in [0.1, 0.15) is 0 Å². The molecular formula is C25H24N2O6. The second-order valence-electron chi connectivity index (χ2n) is 7.21. The van der Waals surface area contributed by atoms with Crippen LogP contribution in [0, 0.1) is 34.3 Å². The van der Waals surface area contributed by atoms with Crippen LogP contribution >= 0.6 is 0 Å². The minimum absolute atomic E-state index is 0.168. The number of aromatic carboxylic acids is 3. The summed E-state index contributed by atoms with van der Waals surface area (Å²) < 4.78 is 0. The molecule has 3 aromatic rings. The largest absolute Gasteiger partial charge is 0.478 e. The number of benzene rings is 2. The molecule has 0 aliphatic carbocycles. The summed E-state index contributed by atoms with van der Waals surface area (Å²) in [5.41, 5.74) is 4.77. The smallest absolute Gasteiger partial charge is 0.337 e. The van der Waals surface area contributed by atoms with Crippen LogP contribution in [0.25, 0.3) is 4.85 Å².